The summed E-state index contributed by atoms with van der Waals surface area (Å²) in [7, 11) is 0. The Labute approximate surface area is 119 Å². The molecule has 0 radical (unpaired) electrons. The fourth-order valence-corrected chi connectivity index (χ4v) is 2.64. The Hall–Kier alpha value is -1.84. The van der Waals surface area contributed by atoms with Crippen molar-refractivity contribution < 1.29 is 19.1 Å². The molecule has 0 saturated heterocycles. The summed E-state index contributed by atoms with van der Waals surface area (Å²) in [4.78, 5) is 23.7. The van der Waals surface area contributed by atoms with Crippen molar-refractivity contribution in [1.82, 2.24) is 0 Å². The molecule has 0 aliphatic carbocycles. The highest BCUT2D eigenvalue weighted by Crippen LogP contribution is 2.32. The number of Topliss-reactive ketones (excluding diaryl/α,β-unsaturated/α-hetero) is 1. The van der Waals surface area contributed by atoms with Gasteiger partial charge in [0.2, 0.25) is 0 Å². The molecule has 0 aromatic heterocycles. The van der Waals surface area contributed by atoms with E-state index in [0.29, 0.717) is 6.61 Å². The van der Waals surface area contributed by atoms with Gasteiger partial charge in [-0.15, -0.1) is 0 Å². The zero-order valence-electron chi connectivity index (χ0n) is 12.1. The maximum Gasteiger partial charge on any atom is 0.317 e. The van der Waals surface area contributed by atoms with Crippen LogP contribution in [0.2, 0.25) is 0 Å². The highest BCUT2D eigenvalue weighted by atomic mass is 16.5. The van der Waals surface area contributed by atoms with Crippen molar-refractivity contribution in [3.8, 4) is 5.75 Å². The van der Waals surface area contributed by atoms with Crippen LogP contribution in [0.1, 0.15) is 37.8 Å². The van der Waals surface area contributed by atoms with Crippen LogP contribution in [-0.4, -0.2) is 25.0 Å². The number of fused-ring (bicyclic) bond motifs is 1. The van der Waals surface area contributed by atoms with Gasteiger partial charge in [-0.1, -0.05) is 19.1 Å². The van der Waals surface area contributed by atoms with Crippen molar-refractivity contribution in [2.75, 3.05) is 13.2 Å². The van der Waals surface area contributed by atoms with Gasteiger partial charge in [0, 0.05) is 12.3 Å². The average Bonchev–Trinajstić information content (AvgIpc) is 2.85. The maximum atomic E-state index is 12.0. The minimum absolute atomic E-state index is 0.160. The van der Waals surface area contributed by atoms with Gasteiger partial charge >= 0.3 is 5.97 Å². The molecule has 0 bridgehead atoms. The van der Waals surface area contributed by atoms with Crippen LogP contribution in [0.5, 0.6) is 5.75 Å². The number of ketones is 1. The van der Waals surface area contributed by atoms with Gasteiger partial charge in [-0.25, -0.2) is 0 Å². The van der Waals surface area contributed by atoms with Crippen LogP contribution in [-0.2, 0) is 20.7 Å². The molecular weight excluding hydrogens is 256 g/mol. The number of rotatable bonds is 5. The highest BCUT2D eigenvalue weighted by molar-refractivity contribution is 5.98. The second-order valence-electron chi connectivity index (χ2n) is 5.09. The molecule has 0 saturated carbocycles. The van der Waals surface area contributed by atoms with Crippen LogP contribution < -0.4 is 4.74 Å². The first-order valence-electron chi connectivity index (χ1n) is 6.97. The Morgan fingerprint density at radius 2 is 2.15 bits per heavy atom. The minimum atomic E-state index is -0.740. The molecule has 4 nitrogen and oxygen atoms in total. The van der Waals surface area contributed by atoms with E-state index in [0.717, 1.165) is 23.3 Å². The lowest BCUT2D eigenvalue weighted by Gasteiger charge is -2.20. The molecule has 0 amide bonds. The summed E-state index contributed by atoms with van der Waals surface area (Å²) in [5.41, 5.74) is 2.11. The Balaban J connectivity index is 2.25. The standard InChI is InChI=1S/C16H20O4/c1-4-19-16(18)15(11(3)17)10(2)12-5-6-14-13(9-12)7-8-20-14/h5-6,9-10,15H,4,7-8H2,1-3H3. The van der Waals surface area contributed by atoms with E-state index in [1.54, 1.807) is 6.92 Å². The summed E-state index contributed by atoms with van der Waals surface area (Å²) >= 11 is 0. The fourth-order valence-electron chi connectivity index (χ4n) is 2.64. The summed E-state index contributed by atoms with van der Waals surface area (Å²) in [6, 6.07) is 5.86. The summed E-state index contributed by atoms with van der Waals surface area (Å²) in [5.74, 6) is -0.638. The maximum absolute atomic E-state index is 12.0. The van der Waals surface area contributed by atoms with Crippen LogP contribution in [0, 0.1) is 5.92 Å². The quantitative estimate of drug-likeness (QED) is 0.612. The average molecular weight is 276 g/mol. The van der Waals surface area contributed by atoms with Gasteiger partial charge in [0.25, 0.3) is 0 Å². The molecule has 0 N–H and O–H groups in total. The number of benzene rings is 1. The molecule has 20 heavy (non-hydrogen) atoms. The summed E-state index contributed by atoms with van der Waals surface area (Å²) in [6.07, 6.45) is 0.875. The van der Waals surface area contributed by atoms with Gasteiger partial charge in [-0.2, -0.15) is 0 Å². The Kier molecular flexibility index (Phi) is 4.42. The zero-order valence-corrected chi connectivity index (χ0v) is 12.1. The van der Waals surface area contributed by atoms with Crippen molar-refractivity contribution in [1.29, 1.82) is 0 Å². The molecule has 108 valence electrons. The van der Waals surface area contributed by atoms with E-state index in [9.17, 15) is 9.59 Å². The molecule has 1 aliphatic rings. The van der Waals surface area contributed by atoms with Gasteiger partial charge in [-0.3, -0.25) is 9.59 Å². The molecule has 1 heterocycles. The SMILES string of the molecule is CCOC(=O)C(C(C)=O)C(C)c1ccc2c(c1)CCO2. The molecule has 4 heteroatoms. The fraction of sp³-hybridized carbons (Fsp3) is 0.500. The smallest absolute Gasteiger partial charge is 0.317 e. The third kappa shape index (κ3) is 2.84. The molecule has 1 aliphatic heterocycles. The van der Waals surface area contributed by atoms with E-state index in [2.05, 4.69) is 0 Å². The van der Waals surface area contributed by atoms with E-state index in [1.165, 1.54) is 6.92 Å². The van der Waals surface area contributed by atoms with Gasteiger partial charge in [-0.05, 0) is 31.0 Å². The zero-order chi connectivity index (χ0) is 14.7. The molecule has 2 atom stereocenters. The topological polar surface area (TPSA) is 52.6 Å². The Morgan fingerprint density at radius 3 is 2.80 bits per heavy atom. The second kappa shape index (κ2) is 6.07. The van der Waals surface area contributed by atoms with Crippen molar-refractivity contribution in [2.45, 2.75) is 33.1 Å². The van der Waals surface area contributed by atoms with Crippen LogP contribution >= 0.6 is 0 Å². The molecule has 0 fully saturated rings. The molecule has 0 spiro atoms. The first-order valence-corrected chi connectivity index (χ1v) is 6.97. The van der Waals surface area contributed by atoms with Crippen molar-refractivity contribution in [2.24, 2.45) is 5.92 Å². The van der Waals surface area contributed by atoms with Crippen LogP contribution in [0.15, 0.2) is 18.2 Å². The Morgan fingerprint density at radius 1 is 1.40 bits per heavy atom. The van der Waals surface area contributed by atoms with Crippen LogP contribution in [0.4, 0.5) is 0 Å². The van der Waals surface area contributed by atoms with Gasteiger partial charge < -0.3 is 9.47 Å². The number of hydrogen-bond acceptors (Lipinski definition) is 4. The lowest BCUT2D eigenvalue weighted by Crippen LogP contribution is -2.29. The normalized spacial score (nSPS) is 15.9. The minimum Gasteiger partial charge on any atom is -0.493 e. The van der Waals surface area contributed by atoms with E-state index >= 15 is 0 Å². The molecule has 1 aromatic carbocycles. The molecular formula is C16H20O4. The van der Waals surface area contributed by atoms with Gasteiger partial charge in [0.05, 0.1) is 13.2 Å². The van der Waals surface area contributed by atoms with Crippen molar-refractivity contribution in [3.63, 3.8) is 0 Å². The monoisotopic (exact) mass is 276 g/mol. The predicted octanol–water partition coefficient (Wildman–Crippen LogP) is 2.49. The second-order valence-corrected chi connectivity index (χ2v) is 5.09. The van der Waals surface area contributed by atoms with E-state index in [4.69, 9.17) is 9.47 Å². The van der Waals surface area contributed by atoms with E-state index < -0.39 is 11.9 Å². The van der Waals surface area contributed by atoms with Crippen LogP contribution in [0.25, 0.3) is 0 Å². The molecule has 2 rings (SSSR count). The lowest BCUT2D eigenvalue weighted by atomic mass is 9.84. The largest absolute Gasteiger partial charge is 0.493 e. The number of hydrogen-bond donors (Lipinski definition) is 0. The van der Waals surface area contributed by atoms with Crippen molar-refractivity contribution in [3.05, 3.63) is 29.3 Å². The third-order valence-corrected chi connectivity index (χ3v) is 3.72. The summed E-state index contributed by atoms with van der Waals surface area (Å²) in [5, 5.41) is 0. The highest BCUT2D eigenvalue weighted by Gasteiger charge is 2.32. The van der Waals surface area contributed by atoms with Crippen molar-refractivity contribution >= 4 is 11.8 Å². The first kappa shape index (κ1) is 14.6. The van der Waals surface area contributed by atoms with Gasteiger partial charge in [0.1, 0.15) is 17.5 Å². The lowest BCUT2D eigenvalue weighted by molar-refractivity contribution is -0.151. The number of ether oxygens (including phenoxy) is 2. The predicted molar refractivity (Wildman–Crippen MR) is 74.9 cm³/mol. The van der Waals surface area contributed by atoms with E-state index in [1.807, 2.05) is 25.1 Å². The summed E-state index contributed by atoms with van der Waals surface area (Å²) < 4.78 is 10.5. The first-order chi connectivity index (χ1) is 9.54. The molecule has 2 unspecified atom stereocenters. The Bertz CT molecular complexity index is 521. The number of carbonyl (C=O) groups excluding carboxylic acids is 2. The van der Waals surface area contributed by atoms with Gasteiger partial charge in [0.15, 0.2) is 0 Å². The summed E-state index contributed by atoms with van der Waals surface area (Å²) in [6.45, 7) is 6.05. The van der Waals surface area contributed by atoms with Crippen LogP contribution in [0.3, 0.4) is 0 Å². The molecule has 1 aromatic rings. The third-order valence-electron chi connectivity index (χ3n) is 3.72. The number of esters is 1. The van der Waals surface area contributed by atoms with E-state index in [-0.39, 0.29) is 18.3 Å². The number of carbonyl (C=O) groups is 2.